The summed E-state index contributed by atoms with van der Waals surface area (Å²) in [4.78, 5) is 35.7. The van der Waals surface area contributed by atoms with Crippen LogP contribution >= 0.6 is 0 Å². The van der Waals surface area contributed by atoms with E-state index in [9.17, 15) is 14.4 Å². The highest BCUT2D eigenvalue weighted by Gasteiger charge is 2.20. The quantitative estimate of drug-likeness (QED) is 0.710. The molecule has 3 N–H and O–H groups in total. The lowest BCUT2D eigenvalue weighted by Gasteiger charge is -2.18. The van der Waals surface area contributed by atoms with Crippen LogP contribution in [-0.4, -0.2) is 28.3 Å². The first-order valence-corrected chi connectivity index (χ1v) is 6.78. The molecule has 0 bridgehead atoms. The molecular weight excluding hydrogens is 276 g/mol. The van der Waals surface area contributed by atoms with Crippen molar-refractivity contribution in [3.05, 3.63) is 20.8 Å². The third kappa shape index (κ3) is 3.45. The normalized spacial score (nSPS) is 12.0. The molecule has 0 spiro atoms. The maximum atomic E-state index is 12.1. The van der Waals surface area contributed by atoms with E-state index < -0.39 is 23.3 Å². The van der Waals surface area contributed by atoms with Crippen molar-refractivity contribution in [3.63, 3.8) is 0 Å². The molecule has 1 rings (SSSR count). The van der Waals surface area contributed by atoms with Gasteiger partial charge in [-0.25, -0.2) is 9.59 Å². The molecule has 1 atom stereocenters. The number of nitrogens with one attached hydrogen (secondary N) is 1. The molecule has 0 fully saturated rings. The monoisotopic (exact) mass is 298 g/mol. The summed E-state index contributed by atoms with van der Waals surface area (Å²) < 4.78 is 6.89. The fourth-order valence-electron chi connectivity index (χ4n) is 1.90. The number of rotatable bonds is 6. The van der Waals surface area contributed by atoms with Gasteiger partial charge in [0, 0.05) is 13.6 Å². The molecule has 1 aromatic heterocycles. The number of methoxy groups -OCH3 is 1. The number of nitrogens with two attached hydrogens (primary N) is 1. The molecule has 0 radical (unpaired) electrons. The fourth-order valence-corrected chi connectivity index (χ4v) is 1.90. The molecule has 0 aliphatic heterocycles. The number of carbonyl (C=O) groups excluding carboxylic acids is 1. The van der Waals surface area contributed by atoms with Crippen LogP contribution in [0.2, 0.25) is 0 Å². The molecule has 118 valence electrons. The van der Waals surface area contributed by atoms with Crippen molar-refractivity contribution in [1.82, 2.24) is 9.13 Å². The van der Waals surface area contributed by atoms with E-state index in [2.05, 4.69) is 10.1 Å². The van der Waals surface area contributed by atoms with Gasteiger partial charge in [-0.05, 0) is 13.3 Å². The van der Waals surface area contributed by atoms with E-state index in [4.69, 9.17) is 5.73 Å². The Morgan fingerprint density at radius 1 is 1.43 bits per heavy atom. The molecule has 0 amide bonds. The van der Waals surface area contributed by atoms with Crippen molar-refractivity contribution < 1.29 is 9.53 Å². The van der Waals surface area contributed by atoms with E-state index in [1.54, 1.807) is 6.92 Å². The first-order valence-electron chi connectivity index (χ1n) is 6.78. The lowest BCUT2D eigenvalue weighted by atomic mass is 10.3. The molecular formula is C13H22N4O4. The Labute approximate surface area is 122 Å². The number of anilines is 2. The minimum absolute atomic E-state index is 0.0334. The molecule has 0 aliphatic carbocycles. The van der Waals surface area contributed by atoms with Crippen molar-refractivity contribution >= 4 is 17.5 Å². The molecule has 21 heavy (non-hydrogen) atoms. The molecule has 0 aliphatic rings. The van der Waals surface area contributed by atoms with Crippen molar-refractivity contribution in [1.29, 1.82) is 0 Å². The molecule has 8 heteroatoms. The van der Waals surface area contributed by atoms with E-state index in [1.807, 2.05) is 6.92 Å². The maximum absolute atomic E-state index is 12.1. The third-order valence-electron chi connectivity index (χ3n) is 3.23. The lowest BCUT2D eigenvalue weighted by Crippen LogP contribution is -2.42. The fraction of sp³-hybridized carbons (Fsp3) is 0.615. The second kappa shape index (κ2) is 6.96. The van der Waals surface area contributed by atoms with Crippen molar-refractivity contribution in [2.24, 2.45) is 7.05 Å². The average molecular weight is 298 g/mol. The first-order chi connectivity index (χ1) is 9.84. The number of esters is 1. The summed E-state index contributed by atoms with van der Waals surface area (Å²) in [7, 11) is 2.63. The summed E-state index contributed by atoms with van der Waals surface area (Å²) in [5, 5.41) is 2.72. The van der Waals surface area contributed by atoms with Gasteiger partial charge in [0.2, 0.25) is 0 Å². The van der Waals surface area contributed by atoms with E-state index in [-0.39, 0.29) is 11.5 Å². The Morgan fingerprint density at radius 2 is 2.05 bits per heavy atom. The molecule has 0 saturated carbocycles. The Balaban J connectivity index is 3.32. The van der Waals surface area contributed by atoms with Gasteiger partial charge in [-0.3, -0.25) is 13.9 Å². The predicted molar refractivity (Wildman–Crippen MR) is 80.4 cm³/mol. The highest BCUT2D eigenvalue weighted by Crippen LogP contribution is 2.13. The molecule has 8 nitrogen and oxygen atoms in total. The average Bonchev–Trinajstić information content (AvgIpc) is 2.48. The smallest absolute Gasteiger partial charge is 0.332 e. The zero-order valence-corrected chi connectivity index (χ0v) is 12.8. The highest BCUT2D eigenvalue weighted by atomic mass is 16.5. The van der Waals surface area contributed by atoms with Crippen molar-refractivity contribution in [2.45, 2.75) is 39.3 Å². The van der Waals surface area contributed by atoms with Gasteiger partial charge in [0.1, 0.15) is 17.5 Å². The number of aromatic nitrogens is 2. The maximum Gasteiger partial charge on any atom is 0.332 e. The molecule has 0 saturated heterocycles. The Morgan fingerprint density at radius 3 is 2.57 bits per heavy atom. The minimum atomic E-state index is -0.748. The molecule has 1 unspecified atom stereocenters. The van der Waals surface area contributed by atoms with Gasteiger partial charge in [-0.15, -0.1) is 0 Å². The van der Waals surface area contributed by atoms with Gasteiger partial charge < -0.3 is 15.8 Å². The summed E-state index contributed by atoms with van der Waals surface area (Å²) >= 11 is 0. The van der Waals surface area contributed by atoms with Crippen LogP contribution in [0.5, 0.6) is 0 Å². The number of carbonyl (C=O) groups is 1. The number of nitrogens with zero attached hydrogens (tertiary/aromatic N) is 2. The van der Waals surface area contributed by atoms with Gasteiger partial charge in [0.25, 0.3) is 5.56 Å². The zero-order chi connectivity index (χ0) is 16.2. The lowest BCUT2D eigenvalue weighted by molar-refractivity contribution is -0.141. The van der Waals surface area contributed by atoms with E-state index >= 15 is 0 Å². The second-order valence-electron chi connectivity index (χ2n) is 4.80. The number of unbranched alkanes of at least 4 members (excludes halogenated alkanes) is 1. The largest absolute Gasteiger partial charge is 0.467 e. The third-order valence-corrected chi connectivity index (χ3v) is 3.23. The topological polar surface area (TPSA) is 108 Å². The van der Waals surface area contributed by atoms with Gasteiger partial charge >= 0.3 is 11.7 Å². The summed E-state index contributed by atoms with van der Waals surface area (Å²) in [6, 6.07) is -0.748. The van der Waals surface area contributed by atoms with Crippen LogP contribution < -0.4 is 22.3 Å². The predicted octanol–water partition coefficient (Wildman–Crippen LogP) is -0.0973. The number of nitrogen functional groups attached to an aromatic ring is 1. The van der Waals surface area contributed by atoms with Crippen LogP contribution in [0.3, 0.4) is 0 Å². The van der Waals surface area contributed by atoms with E-state index in [1.165, 1.54) is 18.7 Å². The van der Waals surface area contributed by atoms with E-state index in [0.29, 0.717) is 6.54 Å². The van der Waals surface area contributed by atoms with Crippen LogP contribution in [0.1, 0.15) is 26.7 Å². The van der Waals surface area contributed by atoms with Crippen molar-refractivity contribution in [3.8, 4) is 0 Å². The van der Waals surface area contributed by atoms with Gasteiger partial charge in [0.15, 0.2) is 0 Å². The van der Waals surface area contributed by atoms with Crippen LogP contribution in [-0.2, 0) is 23.1 Å². The van der Waals surface area contributed by atoms with Crippen LogP contribution in [0.4, 0.5) is 11.5 Å². The highest BCUT2D eigenvalue weighted by molar-refractivity contribution is 5.80. The van der Waals surface area contributed by atoms with Crippen LogP contribution in [0, 0.1) is 0 Å². The number of ether oxygens (including phenoxy) is 1. The second-order valence-corrected chi connectivity index (χ2v) is 4.80. The number of hydrogen-bond acceptors (Lipinski definition) is 6. The number of hydrogen-bond donors (Lipinski definition) is 2. The van der Waals surface area contributed by atoms with Gasteiger partial charge in [-0.2, -0.15) is 0 Å². The Hall–Kier alpha value is -2.25. The van der Waals surface area contributed by atoms with Crippen LogP contribution in [0.15, 0.2) is 9.59 Å². The molecule has 1 heterocycles. The van der Waals surface area contributed by atoms with Gasteiger partial charge in [0.05, 0.1) is 7.11 Å². The zero-order valence-electron chi connectivity index (χ0n) is 12.8. The summed E-state index contributed by atoms with van der Waals surface area (Å²) in [6.45, 7) is 3.95. The Kier molecular flexibility index (Phi) is 5.57. The minimum Gasteiger partial charge on any atom is -0.467 e. The van der Waals surface area contributed by atoms with E-state index in [0.717, 1.165) is 17.4 Å². The first kappa shape index (κ1) is 16.8. The molecule has 0 aromatic carbocycles. The Bertz CT molecular complexity index is 632. The van der Waals surface area contributed by atoms with Gasteiger partial charge in [-0.1, -0.05) is 13.3 Å². The summed E-state index contributed by atoms with van der Waals surface area (Å²) in [5.41, 5.74) is 4.91. The van der Waals surface area contributed by atoms with Crippen LogP contribution in [0.25, 0.3) is 0 Å². The molecule has 1 aromatic rings. The standard InChI is InChI=1S/C13H22N4O4/c1-5-6-7-17-10(14)9(11(18)16(3)13(17)20)15-8(2)12(19)21-4/h8,15H,5-7,14H2,1-4H3. The summed E-state index contributed by atoms with van der Waals surface area (Å²) in [6.07, 6.45) is 1.64. The summed E-state index contributed by atoms with van der Waals surface area (Å²) in [5.74, 6) is -0.491. The van der Waals surface area contributed by atoms with Crippen molar-refractivity contribution in [2.75, 3.05) is 18.2 Å². The SMILES string of the molecule is CCCCn1c(N)c(NC(C)C(=O)OC)c(=O)n(C)c1=O.